The molecule has 1 amide bonds. The van der Waals surface area contributed by atoms with Gasteiger partial charge in [-0.15, -0.1) is 0 Å². The van der Waals surface area contributed by atoms with Crippen LogP contribution in [0.3, 0.4) is 0 Å². The number of aromatic nitrogens is 3. The molecule has 3 atom stereocenters. The molecule has 0 bridgehead atoms. The number of hydrogen-bond acceptors (Lipinski definition) is 9. The molecule has 0 spiro atoms. The molecule has 3 heterocycles. The Kier molecular flexibility index (Phi) is 8.71. The van der Waals surface area contributed by atoms with E-state index in [-0.39, 0.29) is 17.8 Å². The van der Waals surface area contributed by atoms with Crippen molar-refractivity contribution in [2.45, 2.75) is 36.8 Å². The minimum absolute atomic E-state index is 0.147. The van der Waals surface area contributed by atoms with Crippen LogP contribution < -0.4 is 20.7 Å². The van der Waals surface area contributed by atoms with Gasteiger partial charge in [-0.1, -0.05) is 0 Å². The van der Waals surface area contributed by atoms with E-state index in [4.69, 9.17) is 4.74 Å². The van der Waals surface area contributed by atoms with Crippen molar-refractivity contribution < 1.29 is 23.2 Å². The first-order chi connectivity index (χ1) is 20.2. The standard InChI is InChI=1S/C29H34FN7O4S/c1-18-25(41-2)10-9-22(26(18)30)24-17-34-28-27(31-13-14-37(24)28)36-19-5-7-21(8-6-19)42(3,40)35-12-4-11-32-29(39)23-15-20(38)16-33-23/h5-10,13-14,17,20,23,33,38H,4,11-12,15-16H2,1-3H3,(H,31,36)(H,32,39)/t20-,23+,42?/m1/s1. The van der Waals surface area contributed by atoms with Gasteiger partial charge in [-0.05, 0) is 56.2 Å². The Morgan fingerprint density at radius 2 is 2.05 bits per heavy atom. The smallest absolute Gasteiger partial charge is 0.237 e. The van der Waals surface area contributed by atoms with Gasteiger partial charge in [0, 0.05) is 53.4 Å². The van der Waals surface area contributed by atoms with Crippen molar-refractivity contribution in [2.75, 3.05) is 38.3 Å². The number of benzene rings is 2. The first kappa shape index (κ1) is 29.4. The maximum atomic E-state index is 15.1. The molecule has 42 heavy (non-hydrogen) atoms. The van der Waals surface area contributed by atoms with Crippen LogP contribution in [0.4, 0.5) is 15.9 Å². The molecular weight excluding hydrogens is 561 g/mol. The Labute approximate surface area is 243 Å². The van der Waals surface area contributed by atoms with Gasteiger partial charge in [0.25, 0.3) is 0 Å². The highest BCUT2D eigenvalue weighted by Crippen LogP contribution is 2.32. The molecule has 222 valence electrons. The average molecular weight is 596 g/mol. The maximum Gasteiger partial charge on any atom is 0.237 e. The van der Waals surface area contributed by atoms with Gasteiger partial charge in [0.2, 0.25) is 5.91 Å². The monoisotopic (exact) mass is 595 g/mol. The molecule has 0 saturated carbocycles. The lowest BCUT2D eigenvalue weighted by molar-refractivity contribution is -0.122. The van der Waals surface area contributed by atoms with Crippen LogP contribution >= 0.6 is 0 Å². The van der Waals surface area contributed by atoms with Gasteiger partial charge in [-0.25, -0.2) is 22.9 Å². The lowest BCUT2D eigenvalue weighted by Crippen LogP contribution is -2.40. The molecule has 4 aromatic rings. The zero-order valence-corrected chi connectivity index (χ0v) is 24.4. The van der Waals surface area contributed by atoms with E-state index in [0.29, 0.717) is 77.1 Å². The Balaban J connectivity index is 1.24. The third-order valence-corrected chi connectivity index (χ3v) is 9.03. The van der Waals surface area contributed by atoms with Crippen molar-refractivity contribution >= 4 is 32.8 Å². The van der Waals surface area contributed by atoms with E-state index in [2.05, 4.69) is 30.3 Å². The van der Waals surface area contributed by atoms with Crippen molar-refractivity contribution in [3.05, 3.63) is 66.4 Å². The lowest BCUT2D eigenvalue weighted by atomic mass is 10.1. The van der Waals surface area contributed by atoms with Crippen molar-refractivity contribution in [2.24, 2.45) is 4.36 Å². The fourth-order valence-electron chi connectivity index (χ4n) is 4.86. The second-order valence-electron chi connectivity index (χ2n) is 10.2. The zero-order chi connectivity index (χ0) is 29.9. The fourth-order valence-corrected chi connectivity index (χ4v) is 6.13. The summed E-state index contributed by atoms with van der Waals surface area (Å²) in [5.41, 5.74) is 2.62. The van der Waals surface area contributed by atoms with Crippen molar-refractivity contribution in [1.29, 1.82) is 0 Å². The summed E-state index contributed by atoms with van der Waals surface area (Å²) < 4.78 is 39.7. The van der Waals surface area contributed by atoms with Crippen LogP contribution in [-0.2, 0) is 14.5 Å². The van der Waals surface area contributed by atoms with Crippen LogP contribution in [0.15, 0.2) is 64.2 Å². The van der Waals surface area contributed by atoms with Crippen LogP contribution in [0.25, 0.3) is 16.9 Å². The van der Waals surface area contributed by atoms with E-state index >= 15 is 4.39 Å². The Hall–Kier alpha value is -4.07. The lowest BCUT2D eigenvalue weighted by Gasteiger charge is -2.11. The third-order valence-electron chi connectivity index (χ3n) is 7.21. The number of halogens is 1. The normalized spacial score (nSPS) is 18.0. The summed E-state index contributed by atoms with van der Waals surface area (Å²) in [5, 5.41) is 18.6. The molecule has 0 radical (unpaired) electrons. The number of β-amino-alcohol motifs (C(OH)–C–C–N with tert-alkyl or cyclic N) is 1. The maximum absolute atomic E-state index is 15.1. The molecule has 4 N–H and O–H groups in total. The summed E-state index contributed by atoms with van der Waals surface area (Å²) in [6, 6.07) is 10.1. The molecule has 2 aromatic heterocycles. The summed E-state index contributed by atoms with van der Waals surface area (Å²) in [6.45, 7) is 2.83. The number of amides is 1. The first-order valence-electron chi connectivity index (χ1n) is 13.6. The van der Waals surface area contributed by atoms with Gasteiger partial charge < -0.3 is 25.8 Å². The predicted octanol–water partition coefficient (Wildman–Crippen LogP) is 3.28. The quantitative estimate of drug-likeness (QED) is 0.205. The van der Waals surface area contributed by atoms with Crippen LogP contribution in [-0.4, -0.2) is 74.7 Å². The van der Waals surface area contributed by atoms with E-state index in [1.54, 1.807) is 72.6 Å². The summed E-state index contributed by atoms with van der Waals surface area (Å²) in [6.07, 6.45) is 6.98. The number of carbonyl (C=O) groups excluding carboxylic acids is 1. The van der Waals surface area contributed by atoms with Crippen LogP contribution in [0.1, 0.15) is 18.4 Å². The fraction of sp³-hybridized carbons (Fsp3) is 0.345. The van der Waals surface area contributed by atoms with Crippen molar-refractivity contribution in [3.63, 3.8) is 0 Å². The molecule has 1 unspecified atom stereocenters. The van der Waals surface area contributed by atoms with E-state index in [9.17, 15) is 14.1 Å². The number of anilines is 2. The minimum atomic E-state index is -2.64. The Bertz CT molecular complexity index is 1720. The highest BCUT2D eigenvalue weighted by molar-refractivity contribution is 7.93. The van der Waals surface area contributed by atoms with Gasteiger partial charge in [0.1, 0.15) is 11.6 Å². The van der Waals surface area contributed by atoms with Gasteiger partial charge in [0.15, 0.2) is 11.5 Å². The number of imidazole rings is 1. The SMILES string of the molecule is COc1ccc(-c2cnc3c(Nc4ccc(S(C)(=O)=NCCCNC(=O)[C@@H]5C[C@@H](O)CN5)cc4)nccn23)c(F)c1C. The number of nitrogens with zero attached hydrogens (tertiary/aromatic N) is 4. The molecule has 2 aromatic carbocycles. The highest BCUT2D eigenvalue weighted by Gasteiger charge is 2.27. The summed E-state index contributed by atoms with van der Waals surface area (Å²) in [7, 11) is -1.13. The van der Waals surface area contributed by atoms with E-state index in [1.165, 1.54) is 7.11 Å². The van der Waals surface area contributed by atoms with Gasteiger partial charge >= 0.3 is 0 Å². The Morgan fingerprint density at radius 3 is 2.76 bits per heavy atom. The van der Waals surface area contributed by atoms with E-state index in [1.807, 2.05) is 0 Å². The molecule has 1 aliphatic rings. The molecule has 5 rings (SSSR count). The second kappa shape index (κ2) is 12.4. The molecule has 1 fully saturated rings. The number of methoxy groups -OCH3 is 1. The number of aliphatic hydroxyl groups is 1. The summed E-state index contributed by atoms with van der Waals surface area (Å²) in [5.74, 6) is 0.433. The summed E-state index contributed by atoms with van der Waals surface area (Å²) >= 11 is 0. The minimum Gasteiger partial charge on any atom is -0.496 e. The van der Waals surface area contributed by atoms with Gasteiger partial charge in [0.05, 0.1) is 47.4 Å². The molecule has 1 aliphatic heterocycles. The number of ether oxygens (including phenoxy) is 1. The first-order valence-corrected chi connectivity index (χ1v) is 15.5. The molecular formula is C29H34FN7O4S. The van der Waals surface area contributed by atoms with Crippen molar-refractivity contribution in [3.8, 4) is 17.0 Å². The number of carbonyl (C=O) groups is 1. The van der Waals surface area contributed by atoms with Gasteiger partial charge in [-0.3, -0.25) is 9.20 Å². The molecule has 1 saturated heterocycles. The van der Waals surface area contributed by atoms with Crippen LogP contribution in [0.5, 0.6) is 5.75 Å². The molecule has 13 heteroatoms. The highest BCUT2D eigenvalue weighted by atomic mass is 32.2. The van der Waals surface area contributed by atoms with E-state index < -0.39 is 15.8 Å². The number of nitrogens with one attached hydrogen (secondary N) is 3. The van der Waals surface area contributed by atoms with Gasteiger partial charge in [-0.2, -0.15) is 0 Å². The third kappa shape index (κ3) is 6.22. The number of hydrogen-bond donors (Lipinski definition) is 4. The number of rotatable bonds is 10. The molecule has 11 nitrogen and oxygen atoms in total. The topological polar surface area (TPSA) is 142 Å². The zero-order valence-electron chi connectivity index (χ0n) is 23.6. The largest absolute Gasteiger partial charge is 0.496 e. The molecule has 0 aliphatic carbocycles. The second-order valence-corrected chi connectivity index (χ2v) is 12.5. The number of fused-ring (bicyclic) bond motifs is 1. The van der Waals surface area contributed by atoms with Crippen LogP contribution in [0, 0.1) is 12.7 Å². The summed E-state index contributed by atoms with van der Waals surface area (Å²) in [4.78, 5) is 21.6. The van der Waals surface area contributed by atoms with Crippen LogP contribution in [0.2, 0.25) is 0 Å². The Morgan fingerprint density at radius 1 is 1.26 bits per heavy atom. The predicted molar refractivity (Wildman–Crippen MR) is 159 cm³/mol. The average Bonchev–Trinajstić information content (AvgIpc) is 3.61. The number of aliphatic hydroxyl groups excluding tert-OH is 1. The van der Waals surface area contributed by atoms with Crippen molar-refractivity contribution in [1.82, 2.24) is 25.0 Å². The van der Waals surface area contributed by atoms with E-state index in [0.717, 1.165) is 0 Å².